The maximum Gasteiger partial charge on any atom is 0.323 e. The SMILES string of the molecule is O=C(O)CCc1ccc2[nH]c(=O)[nH]c2c1. The molecule has 0 radical (unpaired) electrons. The molecule has 78 valence electrons. The standard InChI is InChI=1S/C10H10N2O3/c13-9(14)4-2-6-1-3-7-8(5-6)12-10(15)11-7/h1,3,5H,2,4H2,(H,13,14)(H2,11,12,15). The Kier molecular flexibility index (Phi) is 2.29. The lowest BCUT2D eigenvalue weighted by Crippen LogP contribution is -1.99. The summed E-state index contributed by atoms with van der Waals surface area (Å²) in [5, 5.41) is 8.53. The number of imidazole rings is 1. The minimum atomic E-state index is -0.822. The number of nitrogens with one attached hydrogen (secondary N) is 2. The third-order valence-corrected chi connectivity index (χ3v) is 2.21. The van der Waals surface area contributed by atoms with E-state index >= 15 is 0 Å². The molecule has 1 heterocycles. The van der Waals surface area contributed by atoms with Gasteiger partial charge < -0.3 is 15.1 Å². The van der Waals surface area contributed by atoms with Crippen LogP contribution in [0.5, 0.6) is 0 Å². The third-order valence-electron chi connectivity index (χ3n) is 2.21. The van der Waals surface area contributed by atoms with Crippen LogP contribution in [0.4, 0.5) is 0 Å². The van der Waals surface area contributed by atoms with E-state index in [2.05, 4.69) is 9.97 Å². The first kappa shape index (κ1) is 9.51. The first-order chi connectivity index (χ1) is 7.15. The average molecular weight is 206 g/mol. The molecule has 0 atom stereocenters. The van der Waals surface area contributed by atoms with Gasteiger partial charge in [0.2, 0.25) is 0 Å². The molecule has 0 unspecified atom stereocenters. The zero-order chi connectivity index (χ0) is 10.8. The van der Waals surface area contributed by atoms with Crippen LogP contribution in [0.25, 0.3) is 11.0 Å². The van der Waals surface area contributed by atoms with Crippen molar-refractivity contribution in [2.24, 2.45) is 0 Å². The second-order valence-corrected chi connectivity index (χ2v) is 3.35. The van der Waals surface area contributed by atoms with Crippen molar-refractivity contribution >= 4 is 17.0 Å². The minimum Gasteiger partial charge on any atom is -0.481 e. The van der Waals surface area contributed by atoms with Gasteiger partial charge in [-0.25, -0.2) is 4.79 Å². The highest BCUT2D eigenvalue weighted by molar-refractivity contribution is 5.75. The van der Waals surface area contributed by atoms with Gasteiger partial charge in [-0.15, -0.1) is 0 Å². The van der Waals surface area contributed by atoms with Crippen LogP contribution in [0.3, 0.4) is 0 Å². The van der Waals surface area contributed by atoms with Crippen LogP contribution in [0.15, 0.2) is 23.0 Å². The average Bonchev–Trinajstić information content (AvgIpc) is 2.53. The fourth-order valence-electron chi connectivity index (χ4n) is 1.49. The van der Waals surface area contributed by atoms with Crippen molar-refractivity contribution in [3.05, 3.63) is 34.2 Å². The molecule has 0 saturated heterocycles. The van der Waals surface area contributed by atoms with Gasteiger partial charge in [0.25, 0.3) is 0 Å². The normalized spacial score (nSPS) is 10.7. The van der Waals surface area contributed by atoms with E-state index in [-0.39, 0.29) is 12.1 Å². The van der Waals surface area contributed by atoms with Crippen LogP contribution >= 0.6 is 0 Å². The van der Waals surface area contributed by atoms with Gasteiger partial charge in [-0.3, -0.25) is 4.79 Å². The Hall–Kier alpha value is -2.04. The summed E-state index contributed by atoms with van der Waals surface area (Å²) >= 11 is 0. The molecule has 0 fully saturated rings. The first-order valence-electron chi connectivity index (χ1n) is 4.58. The quantitative estimate of drug-likeness (QED) is 0.696. The molecule has 1 aromatic carbocycles. The monoisotopic (exact) mass is 206 g/mol. The number of benzene rings is 1. The molecule has 2 aromatic rings. The van der Waals surface area contributed by atoms with Crippen LogP contribution < -0.4 is 5.69 Å². The van der Waals surface area contributed by atoms with Crippen LogP contribution in [0.1, 0.15) is 12.0 Å². The maximum absolute atomic E-state index is 11.0. The minimum absolute atomic E-state index is 0.0974. The van der Waals surface area contributed by atoms with E-state index in [4.69, 9.17) is 5.11 Å². The van der Waals surface area contributed by atoms with Crippen molar-refractivity contribution in [2.45, 2.75) is 12.8 Å². The van der Waals surface area contributed by atoms with E-state index in [1.54, 1.807) is 12.1 Å². The molecule has 15 heavy (non-hydrogen) atoms. The number of aliphatic carboxylic acids is 1. The number of hydrogen-bond donors (Lipinski definition) is 3. The zero-order valence-electron chi connectivity index (χ0n) is 7.91. The predicted molar refractivity (Wildman–Crippen MR) is 54.9 cm³/mol. The van der Waals surface area contributed by atoms with E-state index in [1.165, 1.54) is 0 Å². The lowest BCUT2D eigenvalue weighted by atomic mass is 10.1. The van der Waals surface area contributed by atoms with E-state index < -0.39 is 5.97 Å². The summed E-state index contributed by atoms with van der Waals surface area (Å²) in [6, 6.07) is 5.37. The molecule has 2 rings (SSSR count). The lowest BCUT2D eigenvalue weighted by molar-refractivity contribution is -0.136. The summed E-state index contributed by atoms with van der Waals surface area (Å²) in [4.78, 5) is 26.6. The van der Waals surface area contributed by atoms with Gasteiger partial charge in [0.05, 0.1) is 11.0 Å². The number of aryl methyl sites for hydroxylation is 1. The fraction of sp³-hybridized carbons (Fsp3) is 0.200. The number of H-pyrrole nitrogens is 2. The van der Waals surface area contributed by atoms with Crippen molar-refractivity contribution in [3.63, 3.8) is 0 Å². The number of carbonyl (C=O) groups is 1. The topological polar surface area (TPSA) is 85.9 Å². The van der Waals surface area contributed by atoms with E-state index in [0.717, 1.165) is 11.1 Å². The highest BCUT2D eigenvalue weighted by Gasteiger charge is 2.02. The van der Waals surface area contributed by atoms with Gasteiger partial charge in [0.15, 0.2) is 0 Å². The summed E-state index contributed by atoms with van der Waals surface area (Å²) < 4.78 is 0. The molecule has 5 nitrogen and oxygen atoms in total. The Morgan fingerprint density at radius 3 is 2.73 bits per heavy atom. The van der Waals surface area contributed by atoms with Gasteiger partial charge in [0.1, 0.15) is 0 Å². The Morgan fingerprint density at radius 2 is 2.00 bits per heavy atom. The number of carboxylic acid groups (broad SMARTS) is 1. The fourth-order valence-corrected chi connectivity index (χ4v) is 1.49. The van der Waals surface area contributed by atoms with E-state index in [0.29, 0.717) is 11.9 Å². The summed E-state index contributed by atoms with van der Waals surface area (Å²) in [6.07, 6.45) is 0.568. The zero-order valence-corrected chi connectivity index (χ0v) is 7.91. The molecule has 0 saturated carbocycles. The number of carboxylic acids is 1. The summed E-state index contributed by atoms with van der Waals surface area (Å²) in [7, 11) is 0. The molecule has 0 spiro atoms. The number of aromatic nitrogens is 2. The van der Waals surface area contributed by atoms with Crippen molar-refractivity contribution in [1.29, 1.82) is 0 Å². The van der Waals surface area contributed by atoms with Crippen molar-refractivity contribution in [3.8, 4) is 0 Å². The molecule has 5 heteroatoms. The van der Waals surface area contributed by atoms with Crippen LogP contribution in [-0.2, 0) is 11.2 Å². The van der Waals surface area contributed by atoms with Crippen molar-refractivity contribution < 1.29 is 9.90 Å². The molecule has 3 N–H and O–H groups in total. The van der Waals surface area contributed by atoms with Crippen molar-refractivity contribution in [1.82, 2.24) is 9.97 Å². The van der Waals surface area contributed by atoms with Gasteiger partial charge >= 0.3 is 11.7 Å². The predicted octanol–water partition coefficient (Wildman–Crippen LogP) is 0.873. The molecule has 0 amide bonds. The molecule has 0 aliphatic rings. The number of aromatic amines is 2. The smallest absolute Gasteiger partial charge is 0.323 e. The molecular weight excluding hydrogens is 196 g/mol. The summed E-state index contributed by atoms with van der Waals surface area (Å²) in [6.45, 7) is 0. The van der Waals surface area contributed by atoms with Crippen LogP contribution in [0, 0.1) is 0 Å². The van der Waals surface area contributed by atoms with E-state index in [1.807, 2.05) is 6.07 Å². The van der Waals surface area contributed by atoms with Crippen LogP contribution in [0.2, 0.25) is 0 Å². The number of rotatable bonds is 3. The molecule has 0 aliphatic carbocycles. The van der Waals surface area contributed by atoms with E-state index in [9.17, 15) is 9.59 Å². The largest absolute Gasteiger partial charge is 0.481 e. The second-order valence-electron chi connectivity index (χ2n) is 3.35. The first-order valence-corrected chi connectivity index (χ1v) is 4.58. The van der Waals surface area contributed by atoms with Gasteiger partial charge in [-0.05, 0) is 24.1 Å². The highest BCUT2D eigenvalue weighted by Crippen LogP contribution is 2.11. The van der Waals surface area contributed by atoms with Gasteiger partial charge in [-0.1, -0.05) is 6.07 Å². The Balaban J connectivity index is 2.30. The van der Waals surface area contributed by atoms with Gasteiger partial charge in [-0.2, -0.15) is 0 Å². The maximum atomic E-state index is 11.0. The molecule has 1 aromatic heterocycles. The van der Waals surface area contributed by atoms with Crippen LogP contribution in [-0.4, -0.2) is 21.0 Å². The Bertz CT molecular complexity index is 553. The van der Waals surface area contributed by atoms with Gasteiger partial charge in [0, 0.05) is 6.42 Å². The third kappa shape index (κ3) is 2.07. The Morgan fingerprint density at radius 1 is 1.27 bits per heavy atom. The highest BCUT2D eigenvalue weighted by atomic mass is 16.4. The molecular formula is C10H10N2O3. The second kappa shape index (κ2) is 3.61. The van der Waals surface area contributed by atoms with Crippen molar-refractivity contribution in [2.75, 3.05) is 0 Å². The lowest BCUT2D eigenvalue weighted by Gasteiger charge is -1.97. The summed E-state index contributed by atoms with van der Waals surface area (Å²) in [5.41, 5.74) is 2.10. The number of fused-ring (bicyclic) bond motifs is 1. The molecule has 0 aliphatic heterocycles. The molecule has 0 bridgehead atoms. The summed E-state index contributed by atoms with van der Waals surface area (Å²) in [5.74, 6) is -0.822. The number of hydrogen-bond acceptors (Lipinski definition) is 2. The Labute approximate surface area is 84.8 Å².